The number of aliphatic carboxylic acids is 1. The van der Waals surface area contributed by atoms with E-state index in [0.29, 0.717) is 32.4 Å². The number of nitrogens with one attached hydrogen (secondary N) is 1. The molecule has 1 aromatic carbocycles. The fourth-order valence-electron chi connectivity index (χ4n) is 3.38. The number of hydrogen-bond acceptors (Lipinski definition) is 3. The van der Waals surface area contributed by atoms with Crippen LogP contribution in [0.4, 0.5) is 0 Å². The largest absolute Gasteiger partial charge is 0.481 e. The third-order valence-electron chi connectivity index (χ3n) is 5.03. The van der Waals surface area contributed by atoms with E-state index < -0.39 is 17.8 Å². The Bertz CT molecular complexity index is 658. The van der Waals surface area contributed by atoms with Crippen LogP contribution in [0.3, 0.4) is 0 Å². The quantitative estimate of drug-likeness (QED) is 0.828. The number of amides is 2. The summed E-state index contributed by atoms with van der Waals surface area (Å²) in [5.41, 5.74) is 1.99. The lowest BCUT2D eigenvalue weighted by atomic mass is 9.73. The van der Waals surface area contributed by atoms with Gasteiger partial charge in [-0.1, -0.05) is 24.3 Å². The first kappa shape index (κ1) is 16.5. The second-order valence-electron chi connectivity index (χ2n) is 6.53. The number of benzene rings is 1. The third-order valence-corrected chi connectivity index (χ3v) is 5.03. The topological polar surface area (TPSA) is 86.7 Å². The Kier molecular flexibility index (Phi) is 4.83. The van der Waals surface area contributed by atoms with Crippen molar-refractivity contribution in [3.05, 3.63) is 35.4 Å². The van der Waals surface area contributed by atoms with Crippen LogP contribution in [0.5, 0.6) is 0 Å². The molecule has 2 N–H and O–H groups in total. The molecule has 1 aliphatic heterocycles. The van der Waals surface area contributed by atoms with Crippen molar-refractivity contribution in [1.29, 1.82) is 0 Å². The Labute approximate surface area is 140 Å². The van der Waals surface area contributed by atoms with Crippen LogP contribution in [0.1, 0.15) is 36.8 Å². The Morgan fingerprint density at radius 1 is 1.17 bits per heavy atom. The third kappa shape index (κ3) is 3.42. The first-order chi connectivity index (χ1) is 11.6. The Morgan fingerprint density at radius 3 is 2.46 bits per heavy atom. The van der Waals surface area contributed by atoms with E-state index in [4.69, 9.17) is 5.11 Å². The van der Waals surface area contributed by atoms with E-state index in [1.807, 2.05) is 29.2 Å². The van der Waals surface area contributed by atoms with Crippen LogP contribution in [0.2, 0.25) is 0 Å². The van der Waals surface area contributed by atoms with Crippen molar-refractivity contribution in [1.82, 2.24) is 10.2 Å². The summed E-state index contributed by atoms with van der Waals surface area (Å²) >= 11 is 0. The second-order valence-corrected chi connectivity index (χ2v) is 6.53. The molecular formula is C18H22N2O4. The van der Waals surface area contributed by atoms with Crippen LogP contribution >= 0.6 is 0 Å². The summed E-state index contributed by atoms with van der Waals surface area (Å²) < 4.78 is 0. The molecule has 6 nitrogen and oxygen atoms in total. The highest BCUT2D eigenvalue weighted by molar-refractivity contribution is 5.86. The van der Waals surface area contributed by atoms with E-state index in [2.05, 4.69) is 5.32 Å². The molecule has 1 saturated carbocycles. The minimum absolute atomic E-state index is 0.174. The van der Waals surface area contributed by atoms with Crippen LogP contribution in [-0.2, 0) is 27.5 Å². The van der Waals surface area contributed by atoms with Crippen LogP contribution in [0.15, 0.2) is 24.3 Å². The normalized spacial score (nSPS) is 23.0. The minimum atomic E-state index is -0.894. The number of carbonyl (C=O) groups excluding carboxylic acids is 2. The molecule has 24 heavy (non-hydrogen) atoms. The van der Waals surface area contributed by atoms with Gasteiger partial charge >= 0.3 is 5.97 Å². The number of likely N-dealkylation sites (tertiary alicyclic amines) is 1. The summed E-state index contributed by atoms with van der Waals surface area (Å²) in [6, 6.07) is 7.73. The molecule has 128 valence electrons. The van der Waals surface area contributed by atoms with Gasteiger partial charge in [0.25, 0.3) is 0 Å². The molecule has 0 radical (unpaired) electrons. The van der Waals surface area contributed by atoms with Gasteiger partial charge < -0.3 is 15.3 Å². The van der Waals surface area contributed by atoms with Gasteiger partial charge in [-0.05, 0) is 30.4 Å². The van der Waals surface area contributed by atoms with E-state index >= 15 is 0 Å². The molecule has 1 aliphatic carbocycles. The lowest BCUT2D eigenvalue weighted by Gasteiger charge is -2.32. The summed E-state index contributed by atoms with van der Waals surface area (Å²) in [5, 5.41) is 11.9. The molecule has 2 aliphatic rings. The second kappa shape index (κ2) is 7.03. The van der Waals surface area contributed by atoms with Gasteiger partial charge in [-0.3, -0.25) is 14.4 Å². The summed E-state index contributed by atoms with van der Waals surface area (Å²) in [7, 11) is 0. The van der Waals surface area contributed by atoms with Crippen LogP contribution in [0, 0.1) is 11.8 Å². The van der Waals surface area contributed by atoms with Crippen LogP contribution < -0.4 is 5.32 Å². The molecule has 2 atom stereocenters. The zero-order valence-electron chi connectivity index (χ0n) is 13.5. The molecule has 3 rings (SSSR count). The SMILES string of the molecule is O=C(O)C1CCC1C(=O)NCc1ccccc1CN1CCCC1=O. The zero-order valence-corrected chi connectivity index (χ0v) is 13.5. The van der Waals surface area contributed by atoms with Crippen molar-refractivity contribution < 1.29 is 19.5 Å². The maximum atomic E-state index is 12.2. The maximum absolute atomic E-state index is 12.2. The van der Waals surface area contributed by atoms with Gasteiger partial charge in [0, 0.05) is 26.1 Å². The Morgan fingerprint density at radius 2 is 1.88 bits per heavy atom. The number of carboxylic acids is 1. The zero-order chi connectivity index (χ0) is 17.1. The monoisotopic (exact) mass is 330 g/mol. The van der Waals surface area contributed by atoms with Gasteiger partial charge in [0.05, 0.1) is 11.8 Å². The van der Waals surface area contributed by atoms with E-state index in [1.54, 1.807) is 0 Å². The average Bonchev–Trinajstić information content (AvgIpc) is 2.90. The number of carboxylic acid groups (broad SMARTS) is 1. The van der Waals surface area contributed by atoms with Gasteiger partial charge in [0.1, 0.15) is 0 Å². The molecule has 1 heterocycles. The summed E-state index contributed by atoms with van der Waals surface area (Å²) in [6.45, 7) is 1.70. The lowest BCUT2D eigenvalue weighted by molar-refractivity contribution is -0.152. The van der Waals surface area contributed by atoms with Crippen molar-refractivity contribution in [2.45, 2.75) is 38.8 Å². The predicted molar refractivity (Wildman–Crippen MR) is 86.8 cm³/mol. The van der Waals surface area contributed by atoms with Crippen molar-refractivity contribution >= 4 is 17.8 Å². The fraction of sp³-hybridized carbons (Fsp3) is 0.500. The first-order valence-electron chi connectivity index (χ1n) is 8.41. The standard InChI is InChI=1S/C18H22N2O4/c21-16-6-3-9-20(16)11-13-5-2-1-4-12(13)10-19-17(22)14-7-8-15(14)18(23)24/h1-2,4-5,14-15H,3,6-11H2,(H,19,22)(H,23,24). The van der Waals surface area contributed by atoms with Crippen molar-refractivity contribution in [3.8, 4) is 0 Å². The highest BCUT2D eigenvalue weighted by Crippen LogP contribution is 2.34. The van der Waals surface area contributed by atoms with Crippen LogP contribution in [0.25, 0.3) is 0 Å². The van der Waals surface area contributed by atoms with Gasteiger partial charge in [-0.25, -0.2) is 0 Å². The van der Waals surface area contributed by atoms with E-state index in [-0.39, 0.29) is 11.8 Å². The molecule has 2 fully saturated rings. The van der Waals surface area contributed by atoms with Gasteiger partial charge in [0.15, 0.2) is 0 Å². The molecule has 0 bridgehead atoms. The highest BCUT2D eigenvalue weighted by Gasteiger charge is 2.41. The van der Waals surface area contributed by atoms with Gasteiger partial charge in [-0.15, -0.1) is 0 Å². The van der Waals surface area contributed by atoms with E-state index in [9.17, 15) is 14.4 Å². The lowest BCUT2D eigenvalue weighted by Crippen LogP contribution is -2.43. The molecule has 2 unspecified atom stereocenters. The molecule has 6 heteroatoms. The molecule has 1 saturated heterocycles. The van der Waals surface area contributed by atoms with Crippen molar-refractivity contribution in [2.75, 3.05) is 6.54 Å². The maximum Gasteiger partial charge on any atom is 0.307 e. The number of carbonyl (C=O) groups is 3. The average molecular weight is 330 g/mol. The fourth-order valence-corrected chi connectivity index (χ4v) is 3.38. The van der Waals surface area contributed by atoms with E-state index in [1.165, 1.54) is 0 Å². The number of rotatable bonds is 6. The molecule has 2 amide bonds. The van der Waals surface area contributed by atoms with E-state index in [0.717, 1.165) is 24.1 Å². The molecule has 0 aromatic heterocycles. The summed E-state index contributed by atoms with van der Waals surface area (Å²) in [4.78, 5) is 36.8. The molecule has 0 spiro atoms. The minimum Gasteiger partial charge on any atom is -0.481 e. The predicted octanol–water partition coefficient (Wildman–Crippen LogP) is 1.54. The number of nitrogens with zero attached hydrogens (tertiary/aromatic N) is 1. The first-order valence-corrected chi connectivity index (χ1v) is 8.41. The smallest absolute Gasteiger partial charge is 0.307 e. The van der Waals surface area contributed by atoms with Crippen molar-refractivity contribution in [3.63, 3.8) is 0 Å². The van der Waals surface area contributed by atoms with Crippen molar-refractivity contribution in [2.24, 2.45) is 11.8 Å². The molecular weight excluding hydrogens is 308 g/mol. The summed E-state index contributed by atoms with van der Waals surface area (Å²) in [5.74, 6) is -1.89. The van der Waals surface area contributed by atoms with Crippen LogP contribution in [-0.4, -0.2) is 34.3 Å². The Hall–Kier alpha value is -2.37. The summed E-state index contributed by atoms with van der Waals surface area (Å²) in [6.07, 6.45) is 2.71. The molecule has 1 aromatic rings. The van der Waals surface area contributed by atoms with Gasteiger partial charge in [-0.2, -0.15) is 0 Å². The van der Waals surface area contributed by atoms with Gasteiger partial charge in [0.2, 0.25) is 11.8 Å². The number of hydrogen-bond donors (Lipinski definition) is 2. The highest BCUT2D eigenvalue weighted by atomic mass is 16.4. The Balaban J connectivity index is 1.60.